The van der Waals surface area contributed by atoms with Crippen LogP contribution < -0.4 is 11.1 Å². The van der Waals surface area contributed by atoms with E-state index in [9.17, 15) is 4.79 Å². The van der Waals surface area contributed by atoms with Crippen molar-refractivity contribution in [2.24, 2.45) is 11.7 Å². The Balaban J connectivity index is 2.58. The van der Waals surface area contributed by atoms with Crippen LogP contribution in [0.5, 0.6) is 0 Å². The fourth-order valence-corrected chi connectivity index (χ4v) is 1.27. The van der Waals surface area contributed by atoms with Crippen molar-refractivity contribution in [3.8, 4) is 0 Å². The van der Waals surface area contributed by atoms with E-state index in [1.54, 1.807) is 18.2 Å². The first-order valence-electron chi connectivity index (χ1n) is 4.77. The zero-order valence-corrected chi connectivity index (χ0v) is 9.29. The number of carbonyl (C=O) groups is 1. The molecule has 0 bridgehead atoms. The molecule has 0 aromatic carbocycles. The summed E-state index contributed by atoms with van der Waals surface area (Å²) < 4.78 is 0. The molecular weight excluding hydrogens is 214 g/mol. The summed E-state index contributed by atoms with van der Waals surface area (Å²) >= 11 is 5.69. The van der Waals surface area contributed by atoms with Gasteiger partial charge in [0, 0.05) is 5.92 Å². The largest absolute Gasteiger partial charge is 0.330 e. The first-order chi connectivity index (χ1) is 7.13. The normalized spacial score (nSPS) is 12.2. The van der Waals surface area contributed by atoms with Crippen LogP contribution >= 0.6 is 11.6 Å². The standard InChI is InChI=1S/C10H14ClN3O/c1-7(5-6-12)10(15)14-9-4-2-3-8(11)13-9/h2-4,7H,5-6,12H2,1H3,(H,13,14,15). The Kier molecular flexibility index (Phi) is 4.52. The Labute approximate surface area is 93.8 Å². The van der Waals surface area contributed by atoms with Gasteiger partial charge in [0.1, 0.15) is 11.0 Å². The summed E-state index contributed by atoms with van der Waals surface area (Å²) in [5.41, 5.74) is 5.37. The number of nitrogens with one attached hydrogen (secondary N) is 1. The second kappa shape index (κ2) is 5.68. The van der Waals surface area contributed by atoms with Gasteiger partial charge < -0.3 is 11.1 Å². The molecule has 0 radical (unpaired) electrons. The highest BCUT2D eigenvalue weighted by Gasteiger charge is 2.12. The lowest BCUT2D eigenvalue weighted by atomic mass is 10.1. The molecule has 1 aromatic heterocycles. The smallest absolute Gasteiger partial charge is 0.228 e. The van der Waals surface area contributed by atoms with Gasteiger partial charge in [-0.2, -0.15) is 0 Å². The molecule has 5 heteroatoms. The molecular formula is C10H14ClN3O. The van der Waals surface area contributed by atoms with E-state index in [2.05, 4.69) is 10.3 Å². The van der Waals surface area contributed by atoms with E-state index in [-0.39, 0.29) is 11.8 Å². The summed E-state index contributed by atoms with van der Waals surface area (Å²) in [5.74, 6) is 0.266. The number of anilines is 1. The number of hydrogen-bond donors (Lipinski definition) is 2. The molecule has 1 atom stereocenters. The zero-order valence-electron chi connectivity index (χ0n) is 8.53. The van der Waals surface area contributed by atoms with E-state index in [4.69, 9.17) is 17.3 Å². The van der Waals surface area contributed by atoms with Crippen LogP contribution in [0.1, 0.15) is 13.3 Å². The molecule has 1 rings (SSSR count). The van der Waals surface area contributed by atoms with E-state index < -0.39 is 0 Å². The van der Waals surface area contributed by atoms with Crippen molar-refractivity contribution in [1.29, 1.82) is 0 Å². The second-order valence-corrected chi connectivity index (χ2v) is 3.70. The number of aromatic nitrogens is 1. The molecule has 1 heterocycles. The van der Waals surface area contributed by atoms with Gasteiger partial charge in [-0.15, -0.1) is 0 Å². The van der Waals surface area contributed by atoms with Crippen molar-refractivity contribution in [2.45, 2.75) is 13.3 Å². The van der Waals surface area contributed by atoms with Crippen LogP contribution in [0.3, 0.4) is 0 Å². The van der Waals surface area contributed by atoms with Gasteiger partial charge in [0.15, 0.2) is 0 Å². The molecule has 0 aliphatic heterocycles. The number of nitrogens with zero attached hydrogens (tertiary/aromatic N) is 1. The Bertz CT molecular complexity index is 343. The monoisotopic (exact) mass is 227 g/mol. The van der Waals surface area contributed by atoms with Gasteiger partial charge in [-0.25, -0.2) is 4.98 Å². The summed E-state index contributed by atoms with van der Waals surface area (Å²) in [4.78, 5) is 15.5. The van der Waals surface area contributed by atoms with Crippen molar-refractivity contribution in [2.75, 3.05) is 11.9 Å². The van der Waals surface area contributed by atoms with Crippen LogP contribution in [0, 0.1) is 5.92 Å². The van der Waals surface area contributed by atoms with Crippen LogP contribution in [0.25, 0.3) is 0 Å². The molecule has 0 aliphatic carbocycles. The third-order valence-electron chi connectivity index (χ3n) is 2.01. The van der Waals surface area contributed by atoms with Gasteiger partial charge in [0.05, 0.1) is 0 Å². The number of amides is 1. The molecule has 0 saturated carbocycles. The molecule has 3 N–H and O–H groups in total. The Morgan fingerprint density at radius 1 is 1.67 bits per heavy atom. The number of pyridine rings is 1. The first-order valence-corrected chi connectivity index (χ1v) is 5.14. The number of nitrogens with two attached hydrogens (primary N) is 1. The molecule has 0 spiro atoms. The predicted octanol–water partition coefficient (Wildman–Crippen LogP) is 1.66. The maximum Gasteiger partial charge on any atom is 0.228 e. The molecule has 82 valence electrons. The lowest BCUT2D eigenvalue weighted by molar-refractivity contribution is -0.119. The number of carbonyl (C=O) groups excluding carboxylic acids is 1. The first kappa shape index (κ1) is 11.9. The summed E-state index contributed by atoms with van der Waals surface area (Å²) in [7, 11) is 0. The van der Waals surface area contributed by atoms with Gasteiger partial charge in [-0.3, -0.25) is 4.79 Å². The Morgan fingerprint density at radius 3 is 3.00 bits per heavy atom. The summed E-state index contributed by atoms with van der Waals surface area (Å²) in [6, 6.07) is 5.08. The molecule has 1 unspecified atom stereocenters. The van der Waals surface area contributed by atoms with Crippen molar-refractivity contribution >= 4 is 23.3 Å². The number of hydrogen-bond acceptors (Lipinski definition) is 3. The summed E-state index contributed by atoms with van der Waals surface area (Å²) in [6.07, 6.45) is 0.659. The SMILES string of the molecule is CC(CCN)C(=O)Nc1cccc(Cl)n1. The van der Waals surface area contributed by atoms with E-state index >= 15 is 0 Å². The zero-order chi connectivity index (χ0) is 11.3. The minimum absolute atomic E-state index is 0.0878. The molecule has 1 aromatic rings. The van der Waals surface area contributed by atoms with Gasteiger partial charge in [0.25, 0.3) is 0 Å². The highest BCUT2D eigenvalue weighted by molar-refractivity contribution is 6.29. The molecule has 0 saturated heterocycles. The topological polar surface area (TPSA) is 68.0 Å². The van der Waals surface area contributed by atoms with Gasteiger partial charge in [0.2, 0.25) is 5.91 Å². The van der Waals surface area contributed by atoms with Crippen LogP contribution in [0.2, 0.25) is 5.15 Å². The highest BCUT2D eigenvalue weighted by Crippen LogP contribution is 2.11. The summed E-state index contributed by atoms with van der Waals surface area (Å²) in [5, 5.41) is 3.04. The Morgan fingerprint density at radius 2 is 2.40 bits per heavy atom. The van der Waals surface area contributed by atoms with Crippen molar-refractivity contribution in [3.05, 3.63) is 23.4 Å². The second-order valence-electron chi connectivity index (χ2n) is 3.31. The maximum atomic E-state index is 11.6. The van der Waals surface area contributed by atoms with Crippen molar-refractivity contribution in [1.82, 2.24) is 4.98 Å². The number of halogens is 1. The van der Waals surface area contributed by atoms with E-state index in [0.29, 0.717) is 23.9 Å². The summed E-state index contributed by atoms with van der Waals surface area (Å²) in [6.45, 7) is 2.32. The molecule has 15 heavy (non-hydrogen) atoms. The molecule has 0 fully saturated rings. The van der Waals surface area contributed by atoms with Crippen molar-refractivity contribution in [3.63, 3.8) is 0 Å². The molecule has 0 aliphatic rings. The molecule has 1 amide bonds. The third-order valence-corrected chi connectivity index (χ3v) is 2.22. The van der Waals surface area contributed by atoms with Crippen LogP contribution in [0.15, 0.2) is 18.2 Å². The average Bonchev–Trinajstić information content (AvgIpc) is 2.18. The van der Waals surface area contributed by atoms with Gasteiger partial charge in [-0.05, 0) is 25.1 Å². The van der Waals surface area contributed by atoms with Crippen LogP contribution in [-0.2, 0) is 4.79 Å². The quantitative estimate of drug-likeness (QED) is 0.769. The van der Waals surface area contributed by atoms with Crippen molar-refractivity contribution < 1.29 is 4.79 Å². The lowest BCUT2D eigenvalue weighted by Crippen LogP contribution is -2.23. The third kappa shape index (κ3) is 3.85. The highest BCUT2D eigenvalue weighted by atomic mass is 35.5. The van der Waals surface area contributed by atoms with Crippen LogP contribution in [-0.4, -0.2) is 17.4 Å². The van der Waals surface area contributed by atoms with E-state index in [1.807, 2.05) is 6.92 Å². The number of rotatable bonds is 4. The fraction of sp³-hybridized carbons (Fsp3) is 0.400. The van der Waals surface area contributed by atoms with E-state index in [0.717, 1.165) is 0 Å². The Hall–Kier alpha value is -1.13. The lowest BCUT2D eigenvalue weighted by Gasteiger charge is -2.10. The minimum atomic E-state index is -0.115. The maximum absolute atomic E-state index is 11.6. The van der Waals surface area contributed by atoms with E-state index in [1.165, 1.54) is 0 Å². The predicted molar refractivity (Wildman–Crippen MR) is 60.7 cm³/mol. The van der Waals surface area contributed by atoms with Crippen LogP contribution in [0.4, 0.5) is 5.82 Å². The van der Waals surface area contributed by atoms with Gasteiger partial charge in [-0.1, -0.05) is 24.6 Å². The average molecular weight is 228 g/mol. The minimum Gasteiger partial charge on any atom is -0.330 e. The fourth-order valence-electron chi connectivity index (χ4n) is 1.11. The van der Waals surface area contributed by atoms with Gasteiger partial charge >= 0.3 is 0 Å². The molecule has 4 nitrogen and oxygen atoms in total.